The van der Waals surface area contributed by atoms with Crippen LogP contribution in [-0.2, 0) is 0 Å². The summed E-state index contributed by atoms with van der Waals surface area (Å²) in [6.45, 7) is 0.726. The molecule has 2 N–H and O–H groups in total. The Morgan fingerprint density at radius 1 is 1.29 bits per heavy atom. The van der Waals surface area contributed by atoms with Crippen LogP contribution in [0.2, 0.25) is 0 Å². The zero-order valence-electron chi connectivity index (χ0n) is 12.8. The summed E-state index contributed by atoms with van der Waals surface area (Å²) in [5, 5.41) is 4.20. The number of likely N-dealkylation sites (N-methyl/N-ethyl adjacent to an activating group) is 1. The summed E-state index contributed by atoms with van der Waals surface area (Å²) in [6, 6.07) is 7.77. The standard InChI is InChI=1S/C17H23N3O/c1-20(2)17(8-3-4-9-17)12-19-16(21)14-5-6-15-13(11-14)7-10-18-15/h5-7,10-11,18H,3-4,8-9,12H2,1-2H3,(H,19,21). The first-order valence-electron chi connectivity index (χ1n) is 7.64. The number of nitrogens with one attached hydrogen (secondary N) is 2. The second-order valence-electron chi connectivity index (χ2n) is 6.29. The maximum atomic E-state index is 12.4. The lowest BCUT2D eigenvalue weighted by molar-refractivity contribution is 0.0900. The lowest BCUT2D eigenvalue weighted by atomic mass is 9.96. The van der Waals surface area contributed by atoms with E-state index in [-0.39, 0.29) is 11.4 Å². The van der Waals surface area contributed by atoms with Gasteiger partial charge in [0.2, 0.25) is 0 Å². The smallest absolute Gasteiger partial charge is 0.251 e. The number of carbonyl (C=O) groups excluding carboxylic acids is 1. The molecule has 1 aliphatic carbocycles. The molecule has 0 aliphatic heterocycles. The van der Waals surface area contributed by atoms with Crippen LogP contribution in [0.25, 0.3) is 10.9 Å². The summed E-state index contributed by atoms with van der Waals surface area (Å²) < 4.78 is 0. The number of amides is 1. The Balaban J connectivity index is 1.70. The average molecular weight is 285 g/mol. The van der Waals surface area contributed by atoms with E-state index >= 15 is 0 Å². The molecule has 0 unspecified atom stereocenters. The fourth-order valence-corrected chi connectivity index (χ4v) is 3.36. The number of benzene rings is 1. The van der Waals surface area contributed by atoms with Crippen molar-refractivity contribution in [1.82, 2.24) is 15.2 Å². The molecule has 1 fully saturated rings. The molecule has 1 aliphatic rings. The molecule has 2 aromatic rings. The van der Waals surface area contributed by atoms with Crippen LogP contribution in [-0.4, -0.2) is 42.0 Å². The first-order valence-corrected chi connectivity index (χ1v) is 7.64. The predicted molar refractivity (Wildman–Crippen MR) is 85.5 cm³/mol. The number of hydrogen-bond acceptors (Lipinski definition) is 2. The van der Waals surface area contributed by atoms with Crippen LogP contribution in [0.3, 0.4) is 0 Å². The zero-order valence-corrected chi connectivity index (χ0v) is 12.8. The van der Waals surface area contributed by atoms with Gasteiger partial charge >= 0.3 is 0 Å². The third-order valence-corrected chi connectivity index (χ3v) is 4.88. The number of aromatic nitrogens is 1. The summed E-state index contributed by atoms with van der Waals surface area (Å²) >= 11 is 0. The number of aromatic amines is 1. The summed E-state index contributed by atoms with van der Waals surface area (Å²) in [7, 11) is 4.23. The van der Waals surface area contributed by atoms with Gasteiger partial charge in [-0.05, 0) is 51.2 Å². The van der Waals surface area contributed by atoms with Crippen molar-refractivity contribution >= 4 is 16.8 Å². The highest BCUT2D eigenvalue weighted by molar-refractivity contribution is 5.98. The van der Waals surface area contributed by atoms with E-state index in [9.17, 15) is 4.79 Å². The molecule has 1 saturated carbocycles. The Bertz CT molecular complexity index is 638. The van der Waals surface area contributed by atoms with Crippen LogP contribution in [0, 0.1) is 0 Å². The number of fused-ring (bicyclic) bond motifs is 1. The molecule has 21 heavy (non-hydrogen) atoms. The van der Waals surface area contributed by atoms with Gasteiger partial charge in [-0.2, -0.15) is 0 Å². The van der Waals surface area contributed by atoms with Crippen LogP contribution in [0.1, 0.15) is 36.0 Å². The minimum atomic E-state index is 0.0197. The monoisotopic (exact) mass is 285 g/mol. The summed E-state index contributed by atoms with van der Waals surface area (Å²) in [6.07, 6.45) is 6.73. The number of rotatable bonds is 4. The van der Waals surface area contributed by atoms with Gasteiger partial charge < -0.3 is 15.2 Å². The van der Waals surface area contributed by atoms with Crippen molar-refractivity contribution in [2.45, 2.75) is 31.2 Å². The van der Waals surface area contributed by atoms with Crippen molar-refractivity contribution in [3.63, 3.8) is 0 Å². The molecule has 0 spiro atoms. The van der Waals surface area contributed by atoms with E-state index in [4.69, 9.17) is 0 Å². The minimum absolute atomic E-state index is 0.0197. The number of nitrogens with zero attached hydrogens (tertiary/aromatic N) is 1. The van der Waals surface area contributed by atoms with Crippen molar-refractivity contribution in [3.8, 4) is 0 Å². The maximum absolute atomic E-state index is 12.4. The maximum Gasteiger partial charge on any atom is 0.251 e. The van der Waals surface area contributed by atoms with Crippen molar-refractivity contribution in [1.29, 1.82) is 0 Å². The molecule has 4 heteroatoms. The van der Waals surface area contributed by atoms with E-state index in [0.717, 1.165) is 35.9 Å². The third kappa shape index (κ3) is 2.68. The number of H-pyrrole nitrogens is 1. The Labute approximate surface area is 125 Å². The van der Waals surface area contributed by atoms with Crippen LogP contribution >= 0.6 is 0 Å². The second kappa shape index (κ2) is 5.53. The summed E-state index contributed by atoms with van der Waals surface area (Å²) in [5.41, 5.74) is 1.93. The second-order valence-corrected chi connectivity index (χ2v) is 6.29. The SMILES string of the molecule is CN(C)C1(CNC(=O)c2ccc3[nH]ccc3c2)CCCC1. The van der Waals surface area contributed by atoms with Gasteiger partial charge in [-0.3, -0.25) is 4.79 Å². The fraction of sp³-hybridized carbons (Fsp3) is 0.471. The molecule has 0 atom stereocenters. The Morgan fingerprint density at radius 3 is 2.76 bits per heavy atom. The normalized spacial score (nSPS) is 17.5. The van der Waals surface area contributed by atoms with E-state index in [1.54, 1.807) is 0 Å². The molecule has 0 saturated heterocycles. The largest absolute Gasteiger partial charge is 0.361 e. The highest BCUT2D eigenvalue weighted by Crippen LogP contribution is 2.33. The van der Waals surface area contributed by atoms with E-state index in [1.165, 1.54) is 12.8 Å². The highest BCUT2D eigenvalue weighted by atomic mass is 16.1. The molecule has 1 heterocycles. The van der Waals surface area contributed by atoms with Crippen molar-refractivity contribution < 1.29 is 4.79 Å². The first kappa shape index (κ1) is 14.1. The van der Waals surface area contributed by atoms with E-state index in [0.29, 0.717) is 0 Å². The Morgan fingerprint density at radius 2 is 2.05 bits per heavy atom. The fourth-order valence-electron chi connectivity index (χ4n) is 3.36. The van der Waals surface area contributed by atoms with Gasteiger partial charge in [0.15, 0.2) is 0 Å². The van der Waals surface area contributed by atoms with Gasteiger partial charge in [-0.1, -0.05) is 12.8 Å². The number of hydrogen-bond donors (Lipinski definition) is 2. The van der Waals surface area contributed by atoms with Gasteiger partial charge in [0.05, 0.1) is 0 Å². The Kier molecular flexibility index (Phi) is 3.72. The van der Waals surface area contributed by atoms with Gasteiger partial charge in [0.1, 0.15) is 0 Å². The van der Waals surface area contributed by atoms with E-state index < -0.39 is 0 Å². The molecular formula is C17H23N3O. The lowest BCUT2D eigenvalue weighted by Gasteiger charge is -2.36. The van der Waals surface area contributed by atoms with E-state index in [1.807, 2.05) is 30.5 Å². The van der Waals surface area contributed by atoms with Crippen LogP contribution in [0.15, 0.2) is 30.5 Å². The quantitative estimate of drug-likeness (QED) is 0.907. The average Bonchev–Trinajstić information content (AvgIpc) is 3.13. The molecule has 1 aromatic heterocycles. The first-order chi connectivity index (χ1) is 10.1. The van der Waals surface area contributed by atoms with Crippen molar-refractivity contribution in [2.24, 2.45) is 0 Å². The zero-order chi connectivity index (χ0) is 14.9. The van der Waals surface area contributed by atoms with Gasteiger partial charge in [0.25, 0.3) is 5.91 Å². The summed E-state index contributed by atoms with van der Waals surface area (Å²) in [4.78, 5) is 17.8. The topological polar surface area (TPSA) is 48.1 Å². The lowest BCUT2D eigenvalue weighted by Crippen LogP contribution is -2.50. The molecule has 1 amide bonds. The minimum Gasteiger partial charge on any atom is -0.361 e. The highest BCUT2D eigenvalue weighted by Gasteiger charge is 2.36. The van der Waals surface area contributed by atoms with Crippen molar-refractivity contribution in [3.05, 3.63) is 36.0 Å². The molecule has 0 bridgehead atoms. The van der Waals surface area contributed by atoms with Gasteiger partial charge in [-0.25, -0.2) is 0 Å². The third-order valence-electron chi connectivity index (χ3n) is 4.88. The summed E-state index contributed by atoms with van der Waals surface area (Å²) in [5.74, 6) is 0.0197. The van der Waals surface area contributed by atoms with Crippen molar-refractivity contribution in [2.75, 3.05) is 20.6 Å². The van der Waals surface area contributed by atoms with E-state index in [2.05, 4.69) is 29.3 Å². The van der Waals surface area contributed by atoms with Crippen LogP contribution in [0.5, 0.6) is 0 Å². The molecular weight excluding hydrogens is 262 g/mol. The van der Waals surface area contributed by atoms with Gasteiger partial charge in [-0.15, -0.1) is 0 Å². The molecule has 1 aromatic carbocycles. The molecule has 112 valence electrons. The number of carbonyl (C=O) groups is 1. The van der Waals surface area contributed by atoms with Gasteiger partial charge in [0, 0.05) is 34.7 Å². The molecule has 3 rings (SSSR count). The Hall–Kier alpha value is -1.81. The van der Waals surface area contributed by atoms with Crippen LogP contribution in [0.4, 0.5) is 0 Å². The van der Waals surface area contributed by atoms with Crippen LogP contribution < -0.4 is 5.32 Å². The molecule has 4 nitrogen and oxygen atoms in total. The predicted octanol–water partition coefficient (Wildman–Crippen LogP) is 2.77. The molecule has 0 radical (unpaired) electrons.